The number of aliphatic hydroxyl groups is 1. The predicted molar refractivity (Wildman–Crippen MR) is 73.5 cm³/mol. The lowest BCUT2D eigenvalue weighted by Gasteiger charge is -2.25. The van der Waals surface area contributed by atoms with Gasteiger partial charge in [-0.25, -0.2) is 13.6 Å². The molecule has 0 heterocycles. The molecule has 0 bridgehead atoms. The van der Waals surface area contributed by atoms with Gasteiger partial charge in [0.05, 0.1) is 6.10 Å². The Hall–Kier alpha value is -1.69. The molecule has 112 valence electrons. The molecule has 2 amide bonds. The van der Waals surface area contributed by atoms with Crippen LogP contribution in [0, 0.1) is 17.0 Å². The molecule has 0 aliphatic heterocycles. The van der Waals surface area contributed by atoms with E-state index in [1.807, 2.05) is 20.8 Å². The number of hydrogen-bond acceptors (Lipinski definition) is 2. The topological polar surface area (TPSA) is 61.4 Å². The molecule has 0 aromatic heterocycles. The summed E-state index contributed by atoms with van der Waals surface area (Å²) >= 11 is 0. The number of aliphatic hydroxyl groups excluding tert-OH is 1. The van der Waals surface area contributed by atoms with Gasteiger partial charge in [-0.2, -0.15) is 0 Å². The summed E-state index contributed by atoms with van der Waals surface area (Å²) in [5, 5.41) is 14.3. The molecule has 0 spiro atoms. The van der Waals surface area contributed by atoms with Crippen LogP contribution in [0.5, 0.6) is 0 Å². The van der Waals surface area contributed by atoms with E-state index in [-0.39, 0.29) is 12.0 Å². The molecule has 1 unspecified atom stereocenters. The normalized spacial score (nSPS) is 12.9. The first-order chi connectivity index (χ1) is 9.21. The highest BCUT2D eigenvalue weighted by Gasteiger charge is 2.21. The minimum Gasteiger partial charge on any atom is -0.393 e. The first-order valence-electron chi connectivity index (χ1n) is 6.38. The highest BCUT2D eigenvalue weighted by molar-refractivity contribution is 5.89. The van der Waals surface area contributed by atoms with Gasteiger partial charge in [-0.1, -0.05) is 26.8 Å². The van der Waals surface area contributed by atoms with E-state index in [0.717, 1.165) is 12.1 Å². The molecule has 1 rings (SSSR count). The lowest BCUT2D eigenvalue weighted by Crippen LogP contribution is -2.35. The van der Waals surface area contributed by atoms with Crippen molar-refractivity contribution in [2.75, 3.05) is 11.9 Å². The first-order valence-corrected chi connectivity index (χ1v) is 6.38. The van der Waals surface area contributed by atoms with Gasteiger partial charge in [-0.05, 0) is 24.0 Å². The van der Waals surface area contributed by atoms with E-state index >= 15 is 0 Å². The molecule has 1 aromatic rings. The first kappa shape index (κ1) is 16.4. The highest BCUT2D eigenvalue weighted by atomic mass is 19.1. The molecule has 4 nitrogen and oxygen atoms in total. The number of benzene rings is 1. The number of para-hydroxylation sites is 1. The van der Waals surface area contributed by atoms with Crippen LogP contribution in [-0.2, 0) is 0 Å². The van der Waals surface area contributed by atoms with E-state index < -0.39 is 29.5 Å². The summed E-state index contributed by atoms with van der Waals surface area (Å²) in [7, 11) is 0. The number of anilines is 1. The predicted octanol–water partition coefficient (Wildman–Crippen LogP) is 2.88. The maximum Gasteiger partial charge on any atom is 0.319 e. The van der Waals surface area contributed by atoms with Gasteiger partial charge in [0.15, 0.2) is 0 Å². The number of urea groups is 1. The molecule has 0 radical (unpaired) electrons. The van der Waals surface area contributed by atoms with Crippen LogP contribution in [0.4, 0.5) is 19.3 Å². The molecule has 0 saturated heterocycles. The maximum absolute atomic E-state index is 13.3. The molecule has 0 fully saturated rings. The zero-order chi connectivity index (χ0) is 15.3. The third-order valence-electron chi connectivity index (χ3n) is 2.90. The summed E-state index contributed by atoms with van der Waals surface area (Å²) < 4.78 is 26.6. The second-order valence-electron chi connectivity index (χ2n) is 5.65. The third kappa shape index (κ3) is 4.77. The van der Waals surface area contributed by atoms with Crippen LogP contribution in [0.25, 0.3) is 0 Å². The number of hydrogen-bond donors (Lipinski definition) is 3. The minimum absolute atomic E-state index is 0.209. The van der Waals surface area contributed by atoms with Crippen molar-refractivity contribution in [2.24, 2.45) is 5.41 Å². The fourth-order valence-electron chi connectivity index (χ4n) is 1.53. The second-order valence-corrected chi connectivity index (χ2v) is 5.65. The molecular weight excluding hydrogens is 266 g/mol. The number of carbonyl (C=O) groups excluding carboxylic acids is 1. The van der Waals surface area contributed by atoms with Gasteiger partial charge in [0.25, 0.3) is 0 Å². The van der Waals surface area contributed by atoms with Crippen molar-refractivity contribution in [2.45, 2.75) is 33.3 Å². The van der Waals surface area contributed by atoms with Crippen molar-refractivity contribution in [3.8, 4) is 0 Å². The van der Waals surface area contributed by atoms with Crippen LogP contribution in [0.3, 0.4) is 0 Å². The van der Waals surface area contributed by atoms with Gasteiger partial charge in [-0.15, -0.1) is 0 Å². The monoisotopic (exact) mass is 286 g/mol. The van der Waals surface area contributed by atoms with Gasteiger partial charge in [-0.3, -0.25) is 0 Å². The van der Waals surface area contributed by atoms with E-state index in [2.05, 4.69) is 10.6 Å². The Morgan fingerprint density at radius 1 is 1.30 bits per heavy atom. The molecule has 0 aliphatic rings. The smallest absolute Gasteiger partial charge is 0.319 e. The largest absolute Gasteiger partial charge is 0.393 e. The van der Waals surface area contributed by atoms with Crippen molar-refractivity contribution in [1.29, 1.82) is 0 Å². The summed E-state index contributed by atoms with van der Waals surface area (Å²) in [6.07, 6.45) is -0.218. The molecule has 1 atom stereocenters. The fraction of sp³-hybridized carbons (Fsp3) is 0.500. The van der Waals surface area contributed by atoms with Crippen molar-refractivity contribution >= 4 is 11.7 Å². The maximum atomic E-state index is 13.3. The number of nitrogens with one attached hydrogen (secondary N) is 2. The summed E-state index contributed by atoms with van der Waals surface area (Å²) in [6, 6.07) is 2.62. The molecule has 0 saturated carbocycles. The average Bonchev–Trinajstić information content (AvgIpc) is 2.32. The zero-order valence-electron chi connectivity index (χ0n) is 11.8. The van der Waals surface area contributed by atoms with Gasteiger partial charge in [0, 0.05) is 6.54 Å². The molecule has 1 aromatic carbocycles. The van der Waals surface area contributed by atoms with E-state index in [1.54, 1.807) is 0 Å². The van der Waals surface area contributed by atoms with Crippen molar-refractivity contribution in [1.82, 2.24) is 5.32 Å². The van der Waals surface area contributed by atoms with E-state index in [9.17, 15) is 18.7 Å². The van der Waals surface area contributed by atoms with E-state index in [1.165, 1.54) is 6.07 Å². The highest BCUT2D eigenvalue weighted by Crippen LogP contribution is 2.21. The second kappa shape index (κ2) is 6.65. The molecule has 6 heteroatoms. The standard InChI is InChI=1S/C14H20F2N2O2/c1-14(2,3)11(19)7-8-17-13(20)18-12-9(15)5-4-6-10(12)16/h4-6,11,19H,7-8H2,1-3H3,(H2,17,18,20). The van der Waals surface area contributed by atoms with Crippen molar-refractivity contribution in [3.05, 3.63) is 29.8 Å². The molecular formula is C14H20F2N2O2. The van der Waals surface area contributed by atoms with Gasteiger partial charge in [0.1, 0.15) is 17.3 Å². The fourth-order valence-corrected chi connectivity index (χ4v) is 1.53. The van der Waals surface area contributed by atoms with Crippen LogP contribution in [0.2, 0.25) is 0 Å². The van der Waals surface area contributed by atoms with Crippen molar-refractivity contribution in [3.63, 3.8) is 0 Å². The molecule has 20 heavy (non-hydrogen) atoms. The van der Waals surface area contributed by atoms with E-state index in [0.29, 0.717) is 6.42 Å². The third-order valence-corrected chi connectivity index (χ3v) is 2.90. The number of halogens is 2. The lowest BCUT2D eigenvalue weighted by molar-refractivity contribution is 0.0565. The Kier molecular flexibility index (Phi) is 5.44. The Morgan fingerprint density at radius 2 is 1.85 bits per heavy atom. The van der Waals surface area contributed by atoms with Gasteiger partial charge < -0.3 is 15.7 Å². The summed E-state index contributed by atoms with van der Waals surface area (Å²) in [6.45, 7) is 5.85. The Morgan fingerprint density at radius 3 is 2.35 bits per heavy atom. The van der Waals surface area contributed by atoms with Gasteiger partial charge >= 0.3 is 6.03 Å². The van der Waals surface area contributed by atoms with Gasteiger partial charge in [0.2, 0.25) is 0 Å². The average molecular weight is 286 g/mol. The SMILES string of the molecule is CC(C)(C)C(O)CCNC(=O)Nc1c(F)cccc1F. The summed E-state index contributed by atoms with van der Waals surface area (Å²) in [5.41, 5.74) is -0.767. The Balaban J connectivity index is 2.45. The van der Waals surface area contributed by atoms with E-state index in [4.69, 9.17) is 0 Å². The number of rotatable bonds is 4. The van der Waals surface area contributed by atoms with Crippen LogP contribution in [0.1, 0.15) is 27.2 Å². The summed E-state index contributed by atoms with van der Waals surface area (Å²) in [4.78, 5) is 11.5. The minimum atomic E-state index is -0.838. The lowest BCUT2D eigenvalue weighted by atomic mass is 9.87. The zero-order valence-corrected chi connectivity index (χ0v) is 11.8. The molecule has 3 N–H and O–H groups in total. The molecule has 0 aliphatic carbocycles. The van der Waals surface area contributed by atoms with Crippen LogP contribution < -0.4 is 10.6 Å². The number of carbonyl (C=O) groups is 1. The quantitative estimate of drug-likeness (QED) is 0.797. The number of amides is 2. The van der Waals surface area contributed by atoms with Crippen LogP contribution in [-0.4, -0.2) is 23.8 Å². The Bertz CT molecular complexity index is 452. The van der Waals surface area contributed by atoms with Crippen LogP contribution in [0.15, 0.2) is 18.2 Å². The summed E-state index contributed by atoms with van der Waals surface area (Å²) in [5.74, 6) is -1.68. The van der Waals surface area contributed by atoms with Crippen LogP contribution >= 0.6 is 0 Å². The Labute approximate surface area is 117 Å². The van der Waals surface area contributed by atoms with Crippen molar-refractivity contribution < 1.29 is 18.7 Å².